The number of aromatic carboxylic acids is 1. The lowest BCUT2D eigenvalue weighted by molar-refractivity contribution is -0.123. The van der Waals surface area contributed by atoms with Crippen molar-refractivity contribution >= 4 is 18.1 Å². The molecule has 0 spiro atoms. The van der Waals surface area contributed by atoms with E-state index in [-0.39, 0.29) is 29.2 Å². The standard InChI is InChI=1S/C22H26N2O6/c1-4-5-6-15-7-10-17(11-8-15)30-14-19(25)24-23-13-16-9-12-18(28-2)21(29-3)20(16)22(26)27/h7-13H,4-6,14H2,1-3H3,(H,24,25)(H,26,27). The minimum Gasteiger partial charge on any atom is -0.493 e. The monoisotopic (exact) mass is 414 g/mol. The summed E-state index contributed by atoms with van der Waals surface area (Å²) in [7, 11) is 2.76. The van der Waals surface area contributed by atoms with Gasteiger partial charge in [-0.2, -0.15) is 5.10 Å². The number of rotatable bonds is 11. The van der Waals surface area contributed by atoms with E-state index in [1.807, 2.05) is 24.3 Å². The molecule has 0 saturated heterocycles. The summed E-state index contributed by atoms with van der Waals surface area (Å²) in [6, 6.07) is 10.7. The summed E-state index contributed by atoms with van der Waals surface area (Å²) in [4.78, 5) is 23.5. The Morgan fingerprint density at radius 3 is 2.43 bits per heavy atom. The van der Waals surface area contributed by atoms with E-state index in [1.54, 1.807) is 6.07 Å². The normalized spacial score (nSPS) is 10.6. The van der Waals surface area contributed by atoms with Gasteiger partial charge in [0.05, 0.1) is 20.4 Å². The molecule has 2 aromatic rings. The molecule has 2 N–H and O–H groups in total. The quantitative estimate of drug-likeness (QED) is 0.432. The minimum atomic E-state index is -1.20. The zero-order valence-electron chi connectivity index (χ0n) is 17.3. The topological polar surface area (TPSA) is 106 Å². The number of unbranched alkanes of at least 4 members (excludes halogenated alkanes) is 1. The third-order valence-electron chi connectivity index (χ3n) is 4.30. The van der Waals surface area contributed by atoms with Crippen LogP contribution >= 0.6 is 0 Å². The number of carbonyl (C=O) groups is 2. The second-order valence-corrected chi connectivity index (χ2v) is 6.40. The third-order valence-corrected chi connectivity index (χ3v) is 4.30. The molecule has 0 aliphatic carbocycles. The molecule has 8 nitrogen and oxygen atoms in total. The number of hydrazone groups is 1. The molecular weight excluding hydrogens is 388 g/mol. The largest absolute Gasteiger partial charge is 0.493 e. The number of methoxy groups -OCH3 is 2. The molecule has 0 atom stereocenters. The number of carbonyl (C=O) groups excluding carboxylic acids is 1. The van der Waals surface area contributed by atoms with Gasteiger partial charge in [-0.1, -0.05) is 25.5 Å². The molecule has 1 amide bonds. The summed E-state index contributed by atoms with van der Waals surface area (Å²) in [6.45, 7) is 1.93. The summed E-state index contributed by atoms with van der Waals surface area (Å²) < 4.78 is 15.7. The van der Waals surface area contributed by atoms with Crippen LogP contribution in [0, 0.1) is 0 Å². The van der Waals surface area contributed by atoms with Gasteiger partial charge in [0, 0.05) is 5.56 Å². The Morgan fingerprint density at radius 2 is 1.83 bits per heavy atom. The van der Waals surface area contributed by atoms with Crippen LogP contribution in [0.2, 0.25) is 0 Å². The summed E-state index contributed by atoms with van der Waals surface area (Å²) in [5, 5.41) is 13.3. The van der Waals surface area contributed by atoms with Crippen molar-refractivity contribution in [3.63, 3.8) is 0 Å². The van der Waals surface area contributed by atoms with Crippen LogP contribution in [-0.2, 0) is 11.2 Å². The van der Waals surface area contributed by atoms with E-state index in [4.69, 9.17) is 14.2 Å². The molecule has 0 fully saturated rings. The number of nitrogens with one attached hydrogen (secondary N) is 1. The van der Waals surface area contributed by atoms with Crippen molar-refractivity contribution in [2.75, 3.05) is 20.8 Å². The van der Waals surface area contributed by atoms with Gasteiger partial charge in [0.15, 0.2) is 18.1 Å². The zero-order valence-corrected chi connectivity index (χ0v) is 17.3. The highest BCUT2D eigenvalue weighted by Crippen LogP contribution is 2.32. The summed E-state index contributed by atoms with van der Waals surface area (Å²) in [5.74, 6) is -0.735. The smallest absolute Gasteiger partial charge is 0.340 e. The first kappa shape index (κ1) is 22.7. The molecule has 0 unspecified atom stereocenters. The number of aryl methyl sites for hydroxylation is 1. The van der Waals surface area contributed by atoms with Gasteiger partial charge >= 0.3 is 5.97 Å². The summed E-state index contributed by atoms with van der Waals surface area (Å²) in [6.07, 6.45) is 4.51. The lowest BCUT2D eigenvalue weighted by atomic mass is 10.1. The van der Waals surface area contributed by atoms with Crippen molar-refractivity contribution in [1.82, 2.24) is 5.43 Å². The lowest BCUT2D eigenvalue weighted by Gasteiger charge is -2.12. The summed E-state index contributed by atoms with van der Waals surface area (Å²) in [5.41, 5.74) is 3.68. The molecule has 2 aromatic carbocycles. The van der Waals surface area contributed by atoms with Gasteiger partial charge in [-0.15, -0.1) is 0 Å². The number of hydrogen-bond donors (Lipinski definition) is 2. The SMILES string of the molecule is CCCCc1ccc(OCC(=O)NN=Cc2ccc(OC)c(OC)c2C(=O)O)cc1. The van der Waals surface area contributed by atoms with E-state index >= 15 is 0 Å². The van der Waals surface area contributed by atoms with Crippen molar-refractivity contribution in [2.45, 2.75) is 26.2 Å². The van der Waals surface area contributed by atoms with Crippen LogP contribution in [-0.4, -0.2) is 44.0 Å². The number of carboxylic acid groups (broad SMARTS) is 1. The number of hydrogen-bond acceptors (Lipinski definition) is 6. The molecule has 2 rings (SSSR count). The fourth-order valence-electron chi connectivity index (χ4n) is 2.76. The van der Waals surface area contributed by atoms with E-state index in [1.165, 1.54) is 32.1 Å². The number of nitrogens with zero attached hydrogens (tertiary/aromatic N) is 1. The van der Waals surface area contributed by atoms with Gasteiger partial charge in [0.1, 0.15) is 11.3 Å². The average Bonchev–Trinajstić information content (AvgIpc) is 2.76. The maximum atomic E-state index is 11.9. The molecule has 0 aliphatic heterocycles. The van der Waals surface area contributed by atoms with Crippen molar-refractivity contribution < 1.29 is 28.9 Å². The average molecular weight is 414 g/mol. The Hall–Kier alpha value is -3.55. The number of carboxylic acids is 1. The number of ether oxygens (including phenoxy) is 3. The lowest BCUT2D eigenvalue weighted by Crippen LogP contribution is -2.24. The van der Waals surface area contributed by atoms with E-state index in [9.17, 15) is 14.7 Å². The predicted octanol–water partition coefficient (Wildman–Crippen LogP) is 3.27. The van der Waals surface area contributed by atoms with Crippen LogP contribution in [0.1, 0.15) is 41.3 Å². The highest BCUT2D eigenvalue weighted by atomic mass is 16.5. The first-order valence-electron chi connectivity index (χ1n) is 9.52. The first-order chi connectivity index (χ1) is 14.5. The maximum absolute atomic E-state index is 11.9. The van der Waals surface area contributed by atoms with Crippen LogP contribution in [0.5, 0.6) is 17.2 Å². The maximum Gasteiger partial charge on any atom is 0.340 e. The van der Waals surface area contributed by atoms with Crippen LogP contribution in [0.4, 0.5) is 0 Å². The molecule has 30 heavy (non-hydrogen) atoms. The van der Waals surface area contributed by atoms with Gasteiger partial charge in [-0.25, -0.2) is 10.2 Å². The van der Waals surface area contributed by atoms with Crippen molar-refractivity contribution in [2.24, 2.45) is 5.10 Å². The van der Waals surface area contributed by atoms with Crippen molar-refractivity contribution in [1.29, 1.82) is 0 Å². The van der Waals surface area contributed by atoms with Gasteiger partial charge in [-0.05, 0) is 42.7 Å². The molecule has 8 heteroatoms. The van der Waals surface area contributed by atoms with Gasteiger partial charge in [0.2, 0.25) is 0 Å². The van der Waals surface area contributed by atoms with Gasteiger partial charge in [0.25, 0.3) is 5.91 Å². The molecule has 0 aliphatic rings. The predicted molar refractivity (Wildman–Crippen MR) is 113 cm³/mol. The fraction of sp³-hybridized carbons (Fsp3) is 0.318. The van der Waals surface area contributed by atoms with E-state index in [2.05, 4.69) is 17.5 Å². The highest BCUT2D eigenvalue weighted by molar-refractivity contribution is 6.02. The van der Waals surface area contributed by atoms with Crippen LogP contribution in [0.15, 0.2) is 41.5 Å². The van der Waals surface area contributed by atoms with E-state index < -0.39 is 11.9 Å². The number of amides is 1. The second kappa shape index (κ2) is 11.5. The van der Waals surface area contributed by atoms with Crippen LogP contribution < -0.4 is 19.6 Å². The van der Waals surface area contributed by atoms with Crippen LogP contribution in [0.25, 0.3) is 0 Å². The van der Waals surface area contributed by atoms with Crippen LogP contribution in [0.3, 0.4) is 0 Å². The number of benzene rings is 2. The Bertz CT molecular complexity index is 893. The minimum absolute atomic E-state index is 0.0750. The molecule has 0 radical (unpaired) electrons. The highest BCUT2D eigenvalue weighted by Gasteiger charge is 2.20. The Morgan fingerprint density at radius 1 is 1.10 bits per heavy atom. The zero-order chi connectivity index (χ0) is 21.9. The fourth-order valence-corrected chi connectivity index (χ4v) is 2.76. The first-order valence-corrected chi connectivity index (χ1v) is 9.52. The van der Waals surface area contributed by atoms with Gasteiger partial charge < -0.3 is 19.3 Å². The van der Waals surface area contributed by atoms with Crippen molar-refractivity contribution in [3.05, 3.63) is 53.1 Å². The Balaban J connectivity index is 1.95. The Kier molecular flexibility index (Phi) is 8.68. The van der Waals surface area contributed by atoms with E-state index in [0.717, 1.165) is 19.3 Å². The van der Waals surface area contributed by atoms with E-state index in [0.29, 0.717) is 5.75 Å². The second-order valence-electron chi connectivity index (χ2n) is 6.40. The Labute approximate surface area is 175 Å². The molecule has 0 aromatic heterocycles. The summed E-state index contributed by atoms with van der Waals surface area (Å²) >= 11 is 0. The van der Waals surface area contributed by atoms with Crippen molar-refractivity contribution in [3.8, 4) is 17.2 Å². The molecule has 160 valence electrons. The molecule has 0 heterocycles. The molecule has 0 bridgehead atoms. The molecule has 0 saturated carbocycles. The molecular formula is C22H26N2O6. The van der Waals surface area contributed by atoms with Gasteiger partial charge in [-0.3, -0.25) is 4.79 Å². The third kappa shape index (κ3) is 6.23.